The topological polar surface area (TPSA) is 59.9 Å². The molecule has 0 unspecified atom stereocenters. The summed E-state index contributed by atoms with van der Waals surface area (Å²) in [5.41, 5.74) is 3.85. The molecule has 136 valence electrons. The van der Waals surface area contributed by atoms with Gasteiger partial charge in [0.05, 0.1) is 16.9 Å². The van der Waals surface area contributed by atoms with Crippen LogP contribution in [0.5, 0.6) is 17.2 Å². The minimum Gasteiger partial charge on any atom is -0.496 e. The van der Waals surface area contributed by atoms with Gasteiger partial charge in [-0.05, 0) is 70.6 Å². The molecule has 6 heteroatoms. The molecular weight excluding hydrogens is 455 g/mol. The van der Waals surface area contributed by atoms with Gasteiger partial charge in [-0.25, -0.2) is 5.43 Å². The Bertz CT molecular complexity index is 959. The van der Waals surface area contributed by atoms with E-state index in [0.717, 1.165) is 20.6 Å². The minimum absolute atomic E-state index is 0.288. The number of halogens is 1. The Balaban J connectivity index is 1.63. The van der Waals surface area contributed by atoms with Crippen molar-refractivity contribution in [2.75, 3.05) is 7.11 Å². The number of hydrogen-bond donors (Lipinski definition) is 1. The number of nitrogens with one attached hydrogen (secondary N) is 1. The Kier molecular flexibility index (Phi) is 6.43. The van der Waals surface area contributed by atoms with E-state index in [9.17, 15) is 4.79 Å². The second-order valence-corrected chi connectivity index (χ2v) is 6.70. The number of carbonyl (C=O) groups excluding carboxylic acids is 1. The maximum atomic E-state index is 12.2. The SMILES string of the molecule is COc1ccc(C(=O)NN=Cc2cccc(Oc3ccccc3)c2)cc1I. The number of carbonyl (C=O) groups is 1. The second kappa shape index (κ2) is 9.18. The highest BCUT2D eigenvalue weighted by Gasteiger charge is 2.07. The average molecular weight is 472 g/mol. The van der Waals surface area contributed by atoms with Gasteiger partial charge in [0, 0.05) is 5.56 Å². The highest BCUT2D eigenvalue weighted by atomic mass is 127. The lowest BCUT2D eigenvalue weighted by Gasteiger charge is -2.06. The standard InChI is InChI=1S/C21H17IN2O3/c1-26-20-11-10-16(13-19(20)22)21(25)24-23-14-15-6-5-9-18(12-15)27-17-7-3-2-4-8-17/h2-14H,1H3,(H,24,25). The predicted molar refractivity (Wildman–Crippen MR) is 114 cm³/mol. The van der Waals surface area contributed by atoms with Crippen LogP contribution < -0.4 is 14.9 Å². The predicted octanol–water partition coefficient (Wildman–Crippen LogP) is 4.86. The molecule has 5 nitrogen and oxygen atoms in total. The number of benzene rings is 3. The molecule has 0 atom stereocenters. The number of amides is 1. The summed E-state index contributed by atoms with van der Waals surface area (Å²) in [7, 11) is 1.59. The van der Waals surface area contributed by atoms with E-state index in [1.165, 1.54) is 0 Å². The van der Waals surface area contributed by atoms with Crippen LogP contribution in [0.4, 0.5) is 0 Å². The van der Waals surface area contributed by atoms with Crippen LogP contribution >= 0.6 is 22.6 Å². The molecule has 0 spiro atoms. The molecule has 0 aromatic heterocycles. The Morgan fingerprint density at radius 3 is 2.52 bits per heavy atom. The number of hydrazone groups is 1. The van der Waals surface area contributed by atoms with E-state index in [0.29, 0.717) is 11.3 Å². The van der Waals surface area contributed by atoms with Crippen molar-refractivity contribution in [3.05, 3.63) is 87.5 Å². The van der Waals surface area contributed by atoms with Gasteiger partial charge in [-0.3, -0.25) is 4.79 Å². The lowest BCUT2D eigenvalue weighted by atomic mass is 10.2. The maximum absolute atomic E-state index is 12.2. The molecule has 0 fully saturated rings. The number of ether oxygens (including phenoxy) is 2. The second-order valence-electron chi connectivity index (χ2n) is 5.54. The zero-order valence-corrected chi connectivity index (χ0v) is 16.7. The van der Waals surface area contributed by atoms with Crippen LogP contribution in [-0.2, 0) is 0 Å². The summed E-state index contributed by atoms with van der Waals surface area (Å²) < 4.78 is 11.8. The van der Waals surface area contributed by atoms with E-state index in [2.05, 4.69) is 33.1 Å². The number of methoxy groups -OCH3 is 1. The third kappa shape index (κ3) is 5.30. The highest BCUT2D eigenvalue weighted by Crippen LogP contribution is 2.22. The normalized spacial score (nSPS) is 10.6. The van der Waals surface area contributed by atoms with E-state index >= 15 is 0 Å². The molecule has 3 aromatic carbocycles. The Labute approximate surface area is 171 Å². The zero-order chi connectivity index (χ0) is 19.1. The molecule has 1 N–H and O–H groups in total. The van der Waals surface area contributed by atoms with Crippen molar-refractivity contribution in [3.63, 3.8) is 0 Å². The van der Waals surface area contributed by atoms with Gasteiger partial charge >= 0.3 is 0 Å². The molecule has 0 heterocycles. The van der Waals surface area contributed by atoms with E-state index in [4.69, 9.17) is 9.47 Å². The highest BCUT2D eigenvalue weighted by molar-refractivity contribution is 14.1. The van der Waals surface area contributed by atoms with Crippen LogP contribution in [0.2, 0.25) is 0 Å². The molecule has 0 aliphatic carbocycles. The van der Waals surface area contributed by atoms with Gasteiger partial charge in [0.1, 0.15) is 17.2 Å². The molecule has 0 aliphatic rings. The largest absolute Gasteiger partial charge is 0.496 e. The van der Waals surface area contributed by atoms with Crippen molar-refractivity contribution >= 4 is 34.7 Å². The van der Waals surface area contributed by atoms with Crippen molar-refractivity contribution < 1.29 is 14.3 Å². The van der Waals surface area contributed by atoms with Crippen molar-refractivity contribution in [1.29, 1.82) is 0 Å². The monoisotopic (exact) mass is 472 g/mol. The smallest absolute Gasteiger partial charge is 0.271 e. The van der Waals surface area contributed by atoms with Crippen molar-refractivity contribution in [3.8, 4) is 17.2 Å². The molecule has 3 rings (SSSR count). The first-order valence-corrected chi connectivity index (χ1v) is 9.23. The first kappa shape index (κ1) is 18.9. The van der Waals surface area contributed by atoms with Crippen LogP contribution in [-0.4, -0.2) is 19.2 Å². The van der Waals surface area contributed by atoms with Crippen molar-refractivity contribution in [2.45, 2.75) is 0 Å². The van der Waals surface area contributed by atoms with E-state index in [1.807, 2.05) is 54.6 Å². The summed E-state index contributed by atoms with van der Waals surface area (Å²) in [4.78, 5) is 12.2. The fourth-order valence-electron chi connectivity index (χ4n) is 2.32. The average Bonchev–Trinajstić information content (AvgIpc) is 2.69. The maximum Gasteiger partial charge on any atom is 0.271 e. The van der Waals surface area contributed by atoms with E-state index in [-0.39, 0.29) is 5.91 Å². The zero-order valence-electron chi connectivity index (χ0n) is 14.6. The summed E-state index contributed by atoms with van der Waals surface area (Å²) in [6.07, 6.45) is 1.57. The van der Waals surface area contributed by atoms with E-state index in [1.54, 1.807) is 31.5 Å². The van der Waals surface area contributed by atoms with Gasteiger partial charge in [-0.15, -0.1) is 0 Å². The molecule has 27 heavy (non-hydrogen) atoms. The molecular formula is C21H17IN2O3. The van der Waals surface area contributed by atoms with Crippen LogP contribution in [0.15, 0.2) is 77.9 Å². The van der Waals surface area contributed by atoms with Gasteiger partial charge in [0.15, 0.2) is 0 Å². The van der Waals surface area contributed by atoms with Crippen LogP contribution in [0, 0.1) is 3.57 Å². The van der Waals surface area contributed by atoms with Gasteiger partial charge in [-0.2, -0.15) is 5.10 Å². The number of hydrogen-bond acceptors (Lipinski definition) is 4. The third-order valence-electron chi connectivity index (χ3n) is 3.63. The molecule has 1 amide bonds. The summed E-state index contributed by atoms with van der Waals surface area (Å²) >= 11 is 2.12. The quantitative estimate of drug-likeness (QED) is 0.317. The van der Waals surface area contributed by atoms with Crippen molar-refractivity contribution in [1.82, 2.24) is 5.43 Å². The molecule has 0 saturated carbocycles. The molecule has 0 aliphatic heterocycles. The third-order valence-corrected chi connectivity index (χ3v) is 4.47. The summed E-state index contributed by atoms with van der Waals surface area (Å²) in [6.45, 7) is 0. The van der Waals surface area contributed by atoms with Crippen LogP contribution in [0.25, 0.3) is 0 Å². The number of rotatable bonds is 6. The molecule has 3 aromatic rings. The lowest BCUT2D eigenvalue weighted by Crippen LogP contribution is -2.17. The summed E-state index contributed by atoms with van der Waals surface area (Å²) in [5, 5.41) is 4.02. The van der Waals surface area contributed by atoms with Gasteiger partial charge < -0.3 is 9.47 Å². The molecule has 0 saturated heterocycles. The first-order chi connectivity index (χ1) is 13.2. The molecule has 0 radical (unpaired) electrons. The number of nitrogens with zero attached hydrogens (tertiary/aromatic N) is 1. The first-order valence-electron chi connectivity index (χ1n) is 8.15. The minimum atomic E-state index is -0.288. The van der Waals surface area contributed by atoms with Gasteiger partial charge in [-0.1, -0.05) is 30.3 Å². The van der Waals surface area contributed by atoms with Crippen LogP contribution in [0.1, 0.15) is 15.9 Å². The number of para-hydroxylation sites is 1. The molecule has 0 bridgehead atoms. The summed E-state index contributed by atoms with van der Waals surface area (Å²) in [5.74, 6) is 1.89. The Hall–Kier alpha value is -2.87. The fourth-order valence-corrected chi connectivity index (χ4v) is 3.06. The summed E-state index contributed by atoms with van der Waals surface area (Å²) in [6, 6.07) is 22.2. The van der Waals surface area contributed by atoms with Crippen LogP contribution in [0.3, 0.4) is 0 Å². The Morgan fingerprint density at radius 2 is 1.78 bits per heavy atom. The Morgan fingerprint density at radius 1 is 1.00 bits per heavy atom. The van der Waals surface area contributed by atoms with Crippen molar-refractivity contribution in [2.24, 2.45) is 5.10 Å². The lowest BCUT2D eigenvalue weighted by molar-refractivity contribution is 0.0955. The van der Waals surface area contributed by atoms with Gasteiger partial charge in [0.2, 0.25) is 0 Å². The fraction of sp³-hybridized carbons (Fsp3) is 0.0476. The van der Waals surface area contributed by atoms with E-state index < -0.39 is 0 Å². The van der Waals surface area contributed by atoms with Gasteiger partial charge in [0.25, 0.3) is 5.91 Å².